The van der Waals surface area contributed by atoms with Crippen molar-refractivity contribution in [3.05, 3.63) is 0 Å². The Morgan fingerprint density at radius 1 is 0.842 bits per heavy atom. The van der Waals surface area contributed by atoms with Gasteiger partial charge in [0.25, 0.3) is 0 Å². The molecule has 3 nitrogen and oxygen atoms in total. The molecule has 0 amide bonds. The lowest BCUT2D eigenvalue weighted by Crippen LogP contribution is -2.49. The number of rotatable bonds is 6. The highest BCUT2D eigenvalue weighted by molar-refractivity contribution is 6.60. The molecule has 4 heteroatoms. The molecule has 4 fully saturated rings. The van der Waals surface area contributed by atoms with E-state index in [9.17, 15) is 0 Å². The Labute approximate surface area is 118 Å². The molecule has 110 valence electrons. The third kappa shape index (κ3) is 2.52. The van der Waals surface area contributed by atoms with Gasteiger partial charge in [0.15, 0.2) is 0 Å². The average molecular weight is 284 g/mol. The molecule has 0 unspecified atom stereocenters. The summed E-state index contributed by atoms with van der Waals surface area (Å²) in [5.41, 5.74) is 0.600. The Morgan fingerprint density at radius 3 is 1.63 bits per heavy atom. The Hall–Kier alpha value is 0.0969. The number of hydrogen-bond acceptors (Lipinski definition) is 3. The zero-order valence-corrected chi connectivity index (χ0v) is 13.6. The van der Waals surface area contributed by atoms with Gasteiger partial charge in [0.05, 0.1) is 0 Å². The van der Waals surface area contributed by atoms with Crippen molar-refractivity contribution in [3.8, 4) is 0 Å². The van der Waals surface area contributed by atoms with E-state index >= 15 is 0 Å². The normalized spacial score (nSPS) is 40.9. The monoisotopic (exact) mass is 284 g/mol. The maximum Gasteiger partial charge on any atom is 0.500 e. The second kappa shape index (κ2) is 5.13. The second-order valence-corrected chi connectivity index (χ2v) is 10.3. The van der Waals surface area contributed by atoms with Gasteiger partial charge in [0.1, 0.15) is 0 Å². The fraction of sp³-hybridized carbons (Fsp3) is 1.00. The van der Waals surface area contributed by atoms with E-state index in [4.69, 9.17) is 13.3 Å². The van der Waals surface area contributed by atoms with Crippen LogP contribution in [0.15, 0.2) is 0 Å². The Bertz CT molecular complexity index is 284. The highest BCUT2D eigenvalue weighted by Gasteiger charge is 2.52. The summed E-state index contributed by atoms with van der Waals surface area (Å²) in [4.78, 5) is 0. The standard InChI is InChI=1S/C15H28O3Si/c1-16-19(17-2,18-3)5-4-15-9-12-6-13(10-15)8-14(7-12)11-15/h12-14H,4-11H2,1-3H3. The first kappa shape index (κ1) is 14.1. The molecule has 0 radical (unpaired) electrons. The lowest BCUT2D eigenvalue weighted by atomic mass is 9.49. The van der Waals surface area contributed by atoms with E-state index in [2.05, 4.69) is 0 Å². The van der Waals surface area contributed by atoms with Crippen LogP contribution in [0.4, 0.5) is 0 Å². The summed E-state index contributed by atoms with van der Waals surface area (Å²) in [5, 5.41) is 0. The fourth-order valence-electron chi connectivity index (χ4n) is 5.57. The second-order valence-electron chi connectivity index (χ2n) is 7.21. The van der Waals surface area contributed by atoms with Gasteiger partial charge in [0, 0.05) is 27.4 Å². The third-order valence-corrected chi connectivity index (χ3v) is 8.79. The molecule has 4 saturated carbocycles. The Kier molecular flexibility index (Phi) is 3.80. The van der Waals surface area contributed by atoms with Crippen LogP contribution in [-0.4, -0.2) is 30.1 Å². The lowest BCUT2D eigenvalue weighted by Gasteiger charge is -2.57. The van der Waals surface area contributed by atoms with Crippen molar-refractivity contribution in [1.29, 1.82) is 0 Å². The van der Waals surface area contributed by atoms with Crippen LogP contribution in [0.2, 0.25) is 6.04 Å². The van der Waals surface area contributed by atoms with Gasteiger partial charge in [-0.25, -0.2) is 0 Å². The SMILES string of the molecule is CO[Si](CCC12CC3CC(CC(C3)C1)C2)(OC)OC. The molecule has 0 aromatic rings. The van der Waals surface area contributed by atoms with Gasteiger partial charge >= 0.3 is 8.80 Å². The molecule has 19 heavy (non-hydrogen) atoms. The molecule has 4 aliphatic rings. The molecule has 0 aliphatic heterocycles. The smallest absolute Gasteiger partial charge is 0.377 e. The van der Waals surface area contributed by atoms with Crippen LogP contribution in [0, 0.1) is 23.2 Å². The van der Waals surface area contributed by atoms with Crippen LogP contribution in [0.3, 0.4) is 0 Å². The first-order valence-corrected chi connectivity index (χ1v) is 9.71. The van der Waals surface area contributed by atoms with Crippen LogP contribution in [0.25, 0.3) is 0 Å². The molecule has 0 heterocycles. The van der Waals surface area contributed by atoms with Crippen LogP contribution < -0.4 is 0 Å². The molecule has 4 aliphatic carbocycles. The highest BCUT2D eigenvalue weighted by atomic mass is 28.4. The Morgan fingerprint density at radius 2 is 1.26 bits per heavy atom. The zero-order chi connectivity index (χ0) is 13.5. The van der Waals surface area contributed by atoms with Crippen LogP contribution >= 0.6 is 0 Å². The largest absolute Gasteiger partial charge is 0.500 e. The zero-order valence-electron chi connectivity index (χ0n) is 12.6. The first-order valence-electron chi connectivity index (χ1n) is 7.78. The van der Waals surface area contributed by atoms with E-state index in [0.717, 1.165) is 23.8 Å². The molecule has 4 bridgehead atoms. The minimum Gasteiger partial charge on any atom is -0.377 e. The van der Waals surface area contributed by atoms with Crippen molar-refractivity contribution in [1.82, 2.24) is 0 Å². The van der Waals surface area contributed by atoms with E-state index in [1.54, 1.807) is 21.3 Å². The quantitative estimate of drug-likeness (QED) is 0.699. The molecule has 0 N–H and O–H groups in total. The van der Waals surface area contributed by atoms with E-state index in [1.165, 1.54) is 44.9 Å². The molecule has 0 aromatic heterocycles. The van der Waals surface area contributed by atoms with Crippen molar-refractivity contribution in [3.63, 3.8) is 0 Å². The average Bonchev–Trinajstić information content (AvgIpc) is 2.39. The lowest BCUT2D eigenvalue weighted by molar-refractivity contribution is -0.0568. The fourth-order valence-corrected chi connectivity index (χ4v) is 7.52. The van der Waals surface area contributed by atoms with Gasteiger partial charge in [-0.15, -0.1) is 0 Å². The van der Waals surface area contributed by atoms with Gasteiger partial charge in [-0.1, -0.05) is 0 Å². The molecule has 0 spiro atoms. The van der Waals surface area contributed by atoms with Gasteiger partial charge in [-0.3, -0.25) is 0 Å². The van der Waals surface area contributed by atoms with Gasteiger partial charge in [-0.05, 0) is 68.1 Å². The summed E-state index contributed by atoms with van der Waals surface area (Å²) in [5.74, 6) is 3.07. The minimum atomic E-state index is -2.37. The Balaban J connectivity index is 1.66. The summed E-state index contributed by atoms with van der Waals surface area (Å²) in [6, 6.07) is 0.989. The van der Waals surface area contributed by atoms with Crippen molar-refractivity contribution < 1.29 is 13.3 Å². The van der Waals surface area contributed by atoms with E-state index in [0.29, 0.717) is 5.41 Å². The molecular weight excluding hydrogens is 256 g/mol. The van der Waals surface area contributed by atoms with Crippen LogP contribution in [0.5, 0.6) is 0 Å². The van der Waals surface area contributed by atoms with E-state index in [1.807, 2.05) is 0 Å². The topological polar surface area (TPSA) is 27.7 Å². The minimum absolute atomic E-state index is 0.600. The third-order valence-electron chi connectivity index (χ3n) is 6.06. The summed E-state index contributed by atoms with van der Waals surface area (Å²) in [6.07, 6.45) is 10.2. The van der Waals surface area contributed by atoms with Crippen molar-refractivity contribution in [2.45, 2.75) is 51.0 Å². The summed E-state index contributed by atoms with van der Waals surface area (Å²) in [7, 11) is 2.84. The van der Waals surface area contributed by atoms with E-state index < -0.39 is 8.80 Å². The van der Waals surface area contributed by atoms with Crippen LogP contribution in [-0.2, 0) is 13.3 Å². The van der Waals surface area contributed by atoms with Crippen molar-refractivity contribution in [2.75, 3.05) is 21.3 Å². The van der Waals surface area contributed by atoms with Crippen molar-refractivity contribution in [2.24, 2.45) is 23.2 Å². The van der Waals surface area contributed by atoms with E-state index in [-0.39, 0.29) is 0 Å². The number of hydrogen-bond donors (Lipinski definition) is 0. The maximum atomic E-state index is 5.59. The summed E-state index contributed by atoms with van der Waals surface area (Å²) in [6.45, 7) is 0. The van der Waals surface area contributed by atoms with Gasteiger partial charge in [0.2, 0.25) is 0 Å². The highest BCUT2D eigenvalue weighted by Crippen LogP contribution is 2.61. The molecule has 4 rings (SSSR count). The van der Waals surface area contributed by atoms with Crippen LogP contribution in [0.1, 0.15) is 44.9 Å². The van der Waals surface area contributed by atoms with Gasteiger partial charge in [-0.2, -0.15) is 0 Å². The maximum absolute atomic E-state index is 5.59. The predicted molar refractivity (Wildman–Crippen MR) is 76.8 cm³/mol. The summed E-state index contributed by atoms with van der Waals surface area (Å²) >= 11 is 0. The predicted octanol–water partition coefficient (Wildman–Crippen LogP) is 3.47. The molecular formula is C15H28O3Si. The summed E-state index contributed by atoms with van der Waals surface area (Å²) < 4.78 is 16.8. The molecule has 0 saturated heterocycles. The molecule has 0 atom stereocenters. The van der Waals surface area contributed by atoms with Crippen molar-refractivity contribution >= 4 is 8.80 Å². The van der Waals surface area contributed by atoms with Gasteiger partial charge < -0.3 is 13.3 Å². The molecule has 0 aromatic carbocycles. The first-order chi connectivity index (χ1) is 9.12.